The van der Waals surface area contributed by atoms with E-state index in [1.807, 2.05) is 11.0 Å². The normalized spacial score (nSPS) is 18.4. The van der Waals surface area contributed by atoms with Crippen molar-refractivity contribution in [2.45, 2.75) is 31.8 Å². The first-order chi connectivity index (χ1) is 10.3. The molecule has 1 fully saturated rings. The number of aromatic amines is 1. The maximum absolute atomic E-state index is 12.6. The molecule has 0 spiro atoms. The fourth-order valence-corrected chi connectivity index (χ4v) is 2.75. The van der Waals surface area contributed by atoms with Crippen LogP contribution in [-0.4, -0.2) is 43.4 Å². The van der Waals surface area contributed by atoms with Crippen molar-refractivity contribution in [3.8, 4) is 6.07 Å². The molecule has 0 saturated carbocycles. The quantitative estimate of drug-likeness (QED) is 0.916. The zero-order valence-electron chi connectivity index (χ0n) is 11.6. The molecule has 1 saturated heterocycles. The molecule has 0 aromatic carbocycles. The Balaban J connectivity index is 1.77. The fourth-order valence-electron chi connectivity index (χ4n) is 2.75. The van der Waals surface area contributed by atoms with E-state index in [0.717, 1.165) is 25.8 Å². The van der Waals surface area contributed by atoms with Gasteiger partial charge in [-0.05, 0) is 25.3 Å². The standard InChI is InChI=1S/C14H16N6O/c15-8-12-7-11(9-16-12)14(21)20-5-2-1-3-13(20)10-19-6-4-17-18-19/h4,6-7,9,13,16H,1-3,5,10H2. The molecule has 1 N–H and O–H groups in total. The minimum atomic E-state index is -0.0300. The molecule has 2 aromatic heterocycles. The smallest absolute Gasteiger partial charge is 0.255 e. The van der Waals surface area contributed by atoms with Crippen molar-refractivity contribution in [2.75, 3.05) is 6.54 Å². The Morgan fingerprint density at radius 1 is 1.52 bits per heavy atom. The lowest BCUT2D eigenvalue weighted by atomic mass is 10.0. The van der Waals surface area contributed by atoms with E-state index in [9.17, 15) is 4.79 Å². The molecule has 7 nitrogen and oxygen atoms in total. The Hall–Kier alpha value is -2.62. The number of carbonyl (C=O) groups is 1. The van der Waals surface area contributed by atoms with Gasteiger partial charge in [-0.1, -0.05) is 5.21 Å². The van der Waals surface area contributed by atoms with Gasteiger partial charge in [0.25, 0.3) is 5.91 Å². The number of piperidine rings is 1. The van der Waals surface area contributed by atoms with E-state index in [0.29, 0.717) is 17.8 Å². The van der Waals surface area contributed by atoms with Gasteiger partial charge < -0.3 is 9.88 Å². The molecule has 108 valence electrons. The number of aromatic nitrogens is 4. The molecule has 0 radical (unpaired) electrons. The molecule has 1 aliphatic rings. The highest BCUT2D eigenvalue weighted by Gasteiger charge is 2.28. The van der Waals surface area contributed by atoms with Crippen molar-refractivity contribution in [2.24, 2.45) is 0 Å². The summed E-state index contributed by atoms with van der Waals surface area (Å²) in [4.78, 5) is 17.3. The van der Waals surface area contributed by atoms with Gasteiger partial charge in [-0.25, -0.2) is 0 Å². The summed E-state index contributed by atoms with van der Waals surface area (Å²) in [6, 6.07) is 3.72. The second kappa shape index (κ2) is 5.79. The summed E-state index contributed by atoms with van der Waals surface area (Å²) in [5, 5.41) is 16.6. The molecule has 2 aromatic rings. The lowest BCUT2D eigenvalue weighted by molar-refractivity contribution is 0.0583. The Morgan fingerprint density at radius 3 is 3.14 bits per heavy atom. The van der Waals surface area contributed by atoms with Crippen LogP contribution in [0.25, 0.3) is 0 Å². The third-order valence-corrected chi connectivity index (χ3v) is 3.81. The minimum absolute atomic E-state index is 0.0300. The number of amides is 1. The zero-order chi connectivity index (χ0) is 14.7. The highest BCUT2D eigenvalue weighted by molar-refractivity contribution is 5.94. The number of rotatable bonds is 3. The SMILES string of the molecule is N#Cc1cc(C(=O)N2CCCCC2Cn2ccnn2)c[nH]1. The molecular weight excluding hydrogens is 268 g/mol. The average molecular weight is 284 g/mol. The largest absolute Gasteiger partial charge is 0.352 e. The summed E-state index contributed by atoms with van der Waals surface area (Å²) in [5.41, 5.74) is 0.945. The molecule has 3 heterocycles. The van der Waals surface area contributed by atoms with Crippen LogP contribution in [0, 0.1) is 11.3 Å². The predicted molar refractivity (Wildman–Crippen MR) is 74.2 cm³/mol. The van der Waals surface area contributed by atoms with Crippen LogP contribution in [0.3, 0.4) is 0 Å². The lowest BCUT2D eigenvalue weighted by Crippen LogP contribution is -2.45. The zero-order valence-corrected chi connectivity index (χ0v) is 11.6. The fraction of sp³-hybridized carbons (Fsp3) is 0.429. The number of likely N-dealkylation sites (tertiary alicyclic amines) is 1. The number of nitrogens with zero attached hydrogens (tertiary/aromatic N) is 5. The summed E-state index contributed by atoms with van der Waals surface area (Å²) in [7, 11) is 0. The number of nitrogens with one attached hydrogen (secondary N) is 1. The van der Waals surface area contributed by atoms with Crippen LogP contribution in [0.2, 0.25) is 0 Å². The molecule has 3 rings (SSSR count). The van der Waals surface area contributed by atoms with E-state index in [2.05, 4.69) is 15.3 Å². The van der Waals surface area contributed by atoms with Gasteiger partial charge in [-0.3, -0.25) is 9.48 Å². The maximum atomic E-state index is 12.6. The van der Waals surface area contributed by atoms with Crippen molar-refractivity contribution >= 4 is 5.91 Å². The van der Waals surface area contributed by atoms with Crippen LogP contribution >= 0.6 is 0 Å². The highest BCUT2D eigenvalue weighted by Crippen LogP contribution is 2.21. The third kappa shape index (κ3) is 2.79. The Kier molecular flexibility index (Phi) is 3.69. The molecule has 1 atom stereocenters. The van der Waals surface area contributed by atoms with Crippen LogP contribution in [0.4, 0.5) is 0 Å². The predicted octanol–water partition coefficient (Wildman–Crippen LogP) is 1.17. The van der Waals surface area contributed by atoms with Crippen molar-refractivity contribution in [1.29, 1.82) is 5.26 Å². The number of nitriles is 1. The van der Waals surface area contributed by atoms with Crippen molar-refractivity contribution in [3.63, 3.8) is 0 Å². The van der Waals surface area contributed by atoms with Gasteiger partial charge in [0.05, 0.1) is 24.3 Å². The van der Waals surface area contributed by atoms with E-state index in [1.54, 1.807) is 29.3 Å². The average Bonchev–Trinajstić information content (AvgIpc) is 3.18. The van der Waals surface area contributed by atoms with E-state index >= 15 is 0 Å². The summed E-state index contributed by atoms with van der Waals surface area (Å²) >= 11 is 0. The molecular formula is C14H16N6O. The number of hydrogen-bond donors (Lipinski definition) is 1. The molecule has 21 heavy (non-hydrogen) atoms. The molecule has 7 heteroatoms. The molecule has 1 unspecified atom stereocenters. The lowest BCUT2D eigenvalue weighted by Gasteiger charge is -2.35. The highest BCUT2D eigenvalue weighted by atomic mass is 16.2. The van der Waals surface area contributed by atoms with Gasteiger partial charge >= 0.3 is 0 Å². The van der Waals surface area contributed by atoms with Gasteiger partial charge in [0, 0.05) is 18.9 Å². The monoisotopic (exact) mass is 284 g/mol. The van der Waals surface area contributed by atoms with E-state index < -0.39 is 0 Å². The Bertz CT molecular complexity index is 653. The van der Waals surface area contributed by atoms with E-state index in [-0.39, 0.29) is 11.9 Å². The third-order valence-electron chi connectivity index (χ3n) is 3.81. The van der Waals surface area contributed by atoms with Crippen molar-refractivity contribution in [3.05, 3.63) is 35.9 Å². The Labute approximate surface area is 122 Å². The van der Waals surface area contributed by atoms with Gasteiger partial charge in [-0.15, -0.1) is 5.10 Å². The van der Waals surface area contributed by atoms with Gasteiger partial charge in [0.15, 0.2) is 0 Å². The van der Waals surface area contributed by atoms with Gasteiger partial charge in [-0.2, -0.15) is 5.26 Å². The van der Waals surface area contributed by atoms with Gasteiger partial charge in [0.1, 0.15) is 11.8 Å². The summed E-state index contributed by atoms with van der Waals surface area (Å²) in [6.07, 6.45) is 8.12. The van der Waals surface area contributed by atoms with Crippen molar-refractivity contribution < 1.29 is 4.79 Å². The molecule has 1 amide bonds. The second-order valence-electron chi connectivity index (χ2n) is 5.19. The van der Waals surface area contributed by atoms with Crippen LogP contribution in [0.1, 0.15) is 35.3 Å². The first kappa shape index (κ1) is 13.4. The first-order valence-corrected chi connectivity index (χ1v) is 7.01. The molecule has 1 aliphatic heterocycles. The van der Waals surface area contributed by atoms with Crippen LogP contribution in [0.5, 0.6) is 0 Å². The van der Waals surface area contributed by atoms with Crippen LogP contribution in [0.15, 0.2) is 24.7 Å². The van der Waals surface area contributed by atoms with E-state index in [4.69, 9.17) is 5.26 Å². The van der Waals surface area contributed by atoms with Crippen LogP contribution in [-0.2, 0) is 6.54 Å². The van der Waals surface area contributed by atoms with Crippen molar-refractivity contribution in [1.82, 2.24) is 24.9 Å². The summed E-state index contributed by atoms with van der Waals surface area (Å²) < 4.78 is 1.76. The van der Waals surface area contributed by atoms with Crippen LogP contribution < -0.4 is 0 Å². The topological polar surface area (TPSA) is 90.6 Å². The molecule has 0 bridgehead atoms. The van der Waals surface area contributed by atoms with E-state index in [1.165, 1.54) is 0 Å². The first-order valence-electron chi connectivity index (χ1n) is 7.01. The second-order valence-corrected chi connectivity index (χ2v) is 5.19. The molecule has 0 aliphatic carbocycles. The number of H-pyrrole nitrogens is 1. The number of carbonyl (C=O) groups excluding carboxylic acids is 1. The minimum Gasteiger partial charge on any atom is -0.352 e. The summed E-state index contributed by atoms with van der Waals surface area (Å²) in [5.74, 6) is -0.0300. The number of hydrogen-bond acceptors (Lipinski definition) is 4. The van der Waals surface area contributed by atoms with Gasteiger partial charge in [0.2, 0.25) is 0 Å². The Morgan fingerprint density at radius 2 is 2.43 bits per heavy atom. The maximum Gasteiger partial charge on any atom is 0.255 e. The summed E-state index contributed by atoms with van der Waals surface area (Å²) in [6.45, 7) is 1.40.